The Hall–Kier alpha value is -2.23. The Bertz CT molecular complexity index is 652. The van der Waals surface area contributed by atoms with Gasteiger partial charge in [-0.05, 0) is 37.6 Å². The van der Waals surface area contributed by atoms with Gasteiger partial charge in [0.25, 0.3) is 5.91 Å². The molecule has 110 valence electrons. The summed E-state index contributed by atoms with van der Waals surface area (Å²) in [4.78, 5) is 13.8. The summed E-state index contributed by atoms with van der Waals surface area (Å²) in [6, 6.07) is 10.9. The van der Waals surface area contributed by atoms with Crippen molar-refractivity contribution in [1.29, 1.82) is 0 Å². The molecule has 4 heteroatoms. The van der Waals surface area contributed by atoms with E-state index >= 15 is 0 Å². The molecule has 1 atom stereocenters. The Morgan fingerprint density at radius 3 is 2.24 bits per heavy atom. The van der Waals surface area contributed by atoms with Gasteiger partial charge < -0.3 is 4.90 Å². The van der Waals surface area contributed by atoms with Crippen LogP contribution in [0.4, 0.5) is 8.78 Å². The largest absolute Gasteiger partial charge is 0.335 e. The van der Waals surface area contributed by atoms with Crippen molar-refractivity contribution in [2.75, 3.05) is 7.05 Å². The molecule has 0 aliphatic rings. The van der Waals surface area contributed by atoms with Crippen LogP contribution in [-0.2, 0) is 0 Å². The van der Waals surface area contributed by atoms with Gasteiger partial charge in [0.05, 0.1) is 6.04 Å². The highest BCUT2D eigenvalue weighted by Gasteiger charge is 2.19. The maximum absolute atomic E-state index is 13.2. The third kappa shape index (κ3) is 3.27. The van der Waals surface area contributed by atoms with E-state index in [2.05, 4.69) is 0 Å². The first-order valence-electron chi connectivity index (χ1n) is 6.69. The van der Waals surface area contributed by atoms with Gasteiger partial charge in [0, 0.05) is 12.6 Å². The number of carbonyl (C=O) groups is 1. The number of aryl methyl sites for hydroxylation is 1. The molecule has 2 aromatic carbocycles. The predicted molar refractivity (Wildman–Crippen MR) is 78.0 cm³/mol. The lowest BCUT2D eigenvalue weighted by Crippen LogP contribution is -2.29. The molecule has 0 aliphatic heterocycles. The molecule has 0 spiro atoms. The number of rotatable bonds is 3. The van der Waals surface area contributed by atoms with Crippen molar-refractivity contribution < 1.29 is 13.6 Å². The topological polar surface area (TPSA) is 20.3 Å². The van der Waals surface area contributed by atoms with E-state index < -0.39 is 11.6 Å². The number of amides is 1. The average Bonchev–Trinajstić information content (AvgIpc) is 2.48. The van der Waals surface area contributed by atoms with E-state index in [9.17, 15) is 13.6 Å². The van der Waals surface area contributed by atoms with Crippen molar-refractivity contribution in [3.63, 3.8) is 0 Å². The summed E-state index contributed by atoms with van der Waals surface area (Å²) in [5.74, 6) is -2.32. The van der Waals surface area contributed by atoms with Crippen LogP contribution in [0, 0.1) is 18.6 Å². The number of benzene rings is 2. The molecule has 0 fully saturated rings. The maximum atomic E-state index is 13.2. The van der Waals surface area contributed by atoms with Crippen LogP contribution in [0.25, 0.3) is 0 Å². The predicted octanol–water partition coefficient (Wildman–Crippen LogP) is 4.11. The van der Waals surface area contributed by atoms with Crippen LogP contribution in [0.1, 0.15) is 34.5 Å². The second-order valence-corrected chi connectivity index (χ2v) is 5.13. The summed E-state index contributed by atoms with van der Waals surface area (Å²) in [5, 5.41) is 0. The van der Waals surface area contributed by atoms with Crippen LogP contribution in [-0.4, -0.2) is 17.9 Å². The smallest absolute Gasteiger partial charge is 0.254 e. The van der Waals surface area contributed by atoms with Crippen molar-refractivity contribution in [3.05, 3.63) is 70.8 Å². The quantitative estimate of drug-likeness (QED) is 0.833. The third-order valence-corrected chi connectivity index (χ3v) is 3.63. The molecule has 2 nitrogen and oxygen atoms in total. The van der Waals surface area contributed by atoms with E-state index in [0.717, 1.165) is 23.3 Å². The Balaban J connectivity index is 2.21. The minimum absolute atomic E-state index is 0.135. The van der Waals surface area contributed by atoms with Gasteiger partial charge in [0.2, 0.25) is 0 Å². The van der Waals surface area contributed by atoms with Crippen LogP contribution in [0.2, 0.25) is 0 Å². The third-order valence-electron chi connectivity index (χ3n) is 3.63. The fraction of sp³-hybridized carbons (Fsp3) is 0.235. The minimum Gasteiger partial charge on any atom is -0.335 e. The lowest BCUT2D eigenvalue weighted by atomic mass is 10.0. The Morgan fingerprint density at radius 1 is 1.05 bits per heavy atom. The van der Waals surface area contributed by atoms with Gasteiger partial charge in [-0.15, -0.1) is 0 Å². The van der Waals surface area contributed by atoms with Gasteiger partial charge in [-0.1, -0.05) is 29.8 Å². The number of hydrogen-bond donors (Lipinski definition) is 0. The zero-order chi connectivity index (χ0) is 15.6. The lowest BCUT2D eigenvalue weighted by molar-refractivity contribution is 0.0742. The molecule has 0 N–H and O–H groups in total. The lowest BCUT2D eigenvalue weighted by Gasteiger charge is -2.25. The molecule has 0 radical (unpaired) electrons. The summed E-state index contributed by atoms with van der Waals surface area (Å²) in [5.41, 5.74) is 2.26. The maximum Gasteiger partial charge on any atom is 0.254 e. The minimum atomic E-state index is -1.02. The van der Waals surface area contributed by atoms with Crippen LogP contribution in [0.5, 0.6) is 0 Å². The van der Waals surface area contributed by atoms with Gasteiger partial charge in [-0.25, -0.2) is 8.78 Å². The van der Waals surface area contributed by atoms with Crippen LogP contribution in [0.15, 0.2) is 42.5 Å². The van der Waals surface area contributed by atoms with E-state index in [0.29, 0.717) is 0 Å². The second kappa shape index (κ2) is 6.04. The first-order valence-corrected chi connectivity index (χ1v) is 6.69. The highest BCUT2D eigenvalue weighted by Crippen LogP contribution is 2.21. The summed E-state index contributed by atoms with van der Waals surface area (Å²) >= 11 is 0. The van der Waals surface area contributed by atoms with Crippen LogP contribution < -0.4 is 0 Å². The summed E-state index contributed by atoms with van der Waals surface area (Å²) in [6.45, 7) is 3.88. The van der Waals surface area contributed by atoms with E-state index in [1.807, 2.05) is 38.1 Å². The molecule has 0 saturated carbocycles. The van der Waals surface area contributed by atoms with Crippen molar-refractivity contribution in [3.8, 4) is 0 Å². The van der Waals surface area contributed by atoms with E-state index in [-0.39, 0.29) is 17.5 Å². The van der Waals surface area contributed by atoms with E-state index in [4.69, 9.17) is 0 Å². The number of hydrogen-bond acceptors (Lipinski definition) is 1. The fourth-order valence-corrected chi connectivity index (χ4v) is 2.08. The molecule has 0 aliphatic carbocycles. The monoisotopic (exact) mass is 289 g/mol. The standard InChI is InChI=1S/C17H17F2NO/c1-11-4-6-13(7-5-11)12(2)20(3)17(21)14-8-9-15(18)16(19)10-14/h4-10,12H,1-3H3. The van der Waals surface area contributed by atoms with E-state index in [1.54, 1.807) is 7.05 Å². The van der Waals surface area contributed by atoms with Gasteiger partial charge >= 0.3 is 0 Å². The fourth-order valence-electron chi connectivity index (χ4n) is 2.08. The van der Waals surface area contributed by atoms with Crippen molar-refractivity contribution >= 4 is 5.91 Å². The molecule has 1 unspecified atom stereocenters. The zero-order valence-electron chi connectivity index (χ0n) is 12.2. The van der Waals surface area contributed by atoms with Gasteiger partial charge in [0.15, 0.2) is 11.6 Å². The SMILES string of the molecule is Cc1ccc(C(C)N(C)C(=O)c2ccc(F)c(F)c2)cc1. The van der Waals surface area contributed by atoms with E-state index in [1.165, 1.54) is 11.0 Å². The normalized spacial score (nSPS) is 12.0. The number of nitrogens with zero attached hydrogens (tertiary/aromatic N) is 1. The molecule has 0 saturated heterocycles. The molecule has 21 heavy (non-hydrogen) atoms. The molecule has 0 bridgehead atoms. The van der Waals surface area contributed by atoms with Crippen LogP contribution >= 0.6 is 0 Å². The van der Waals surface area contributed by atoms with Crippen LogP contribution in [0.3, 0.4) is 0 Å². The van der Waals surface area contributed by atoms with Crippen molar-refractivity contribution in [2.24, 2.45) is 0 Å². The molecule has 2 rings (SSSR count). The first kappa shape index (κ1) is 15.2. The zero-order valence-corrected chi connectivity index (χ0v) is 12.2. The molecule has 1 amide bonds. The Kier molecular flexibility index (Phi) is 4.36. The molecule has 0 aromatic heterocycles. The van der Waals surface area contributed by atoms with Crippen molar-refractivity contribution in [1.82, 2.24) is 4.90 Å². The number of carbonyl (C=O) groups excluding carboxylic acids is 1. The molecule has 0 heterocycles. The first-order chi connectivity index (χ1) is 9.90. The van der Waals surface area contributed by atoms with Gasteiger partial charge in [-0.3, -0.25) is 4.79 Å². The molecular weight excluding hydrogens is 272 g/mol. The second-order valence-electron chi connectivity index (χ2n) is 5.13. The Labute approximate surface area is 123 Å². The Morgan fingerprint density at radius 2 is 1.67 bits per heavy atom. The van der Waals surface area contributed by atoms with Gasteiger partial charge in [0.1, 0.15) is 0 Å². The highest BCUT2D eigenvalue weighted by molar-refractivity contribution is 5.94. The molecular formula is C17H17F2NO. The summed E-state index contributed by atoms with van der Waals surface area (Å²) in [7, 11) is 1.65. The summed E-state index contributed by atoms with van der Waals surface area (Å²) < 4.78 is 26.2. The van der Waals surface area contributed by atoms with Gasteiger partial charge in [-0.2, -0.15) is 0 Å². The highest BCUT2D eigenvalue weighted by atomic mass is 19.2. The summed E-state index contributed by atoms with van der Waals surface area (Å²) in [6.07, 6.45) is 0. The average molecular weight is 289 g/mol. The molecule has 2 aromatic rings. The van der Waals surface area contributed by atoms with Crippen molar-refractivity contribution in [2.45, 2.75) is 19.9 Å². The number of halogens is 2.